The minimum Gasteiger partial charge on any atom is -0.367 e. The summed E-state index contributed by atoms with van der Waals surface area (Å²) in [5.41, 5.74) is 11.0. The second-order valence-corrected chi connectivity index (χ2v) is 3.97. The standard InChI is InChI=1S/C10H20N2O2/c1-2-9(10(12)13)14-8-5-3-7(11)4-6-8/h7-9H,2-6,11H2,1H3,(H2,12,13). The van der Waals surface area contributed by atoms with Gasteiger partial charge in [0.05, 0.1) is 6.10 Å². The maximum absolute atomic E-state index is 10.9. The summed E-state index contributed by atoms with van der Waals surface area (Å²) < 4.78 is 5.62. The number of nitrogens with two attached hydrogens (primary N) is 2. The van der Waals surface area contributed by atoms with E-state index in [0.29, 0.717) is 12.5 Å². The van der Waals surface area contributed by atoms with Crippen molar-refractivity contribution in [2.75, 3.05) is 0 Å². The van der Waals surface area contributed by atoms with Crippen LogP contribution in [0.15, 0.2) is 0 Å². The molecule has 1 atom stereocenters. The summed E-state index contributed by atoms with van der Waals surface area (Å²) in [5.74, 6) is -0.359. The molecule has 0 aromatic heterocycles. The first-order valence-electron chi connectivity index (χ1n) is 5.33. The third-order valence-electron chi connectivity index (χ3n) is 2.76. The quantitative estimate of drug-likeness (QED) is 0.695. The fourth-order valence-corrected chi connectivity index (χ4v) is 1.82. The Hall–Kier alpha value is -0.610. The molecule has 1 amide bonds. The van der Waals surface area contributed by atoms with Crippen LogP contribution >= 0.6 is 0 Å². The maximum atomic E-state index is 10.9. The Morgan fingerprint density at radius 1 is 1.43 bits per heavy atom. The first-order valence-corrected chi connectivity index (χ1v) is 5.33. The van der Waals surface area contributed by atoms with Crippen LogP contribution in [0.4, 0.5) is 0 Å². The van der Waals surface area contributed by atoms with Gasteiger partial charge in [-0.05, 0) is 32.1 Å². The van der Waals surface area contributed by atoms with Crippen LogP contribution < -0.4 is 11.5 Å². The molecule has 0 saturated heterocycles. The third kappa shape index (κ3) is 3.27. The molecule has 4 heteroatoms. The fraction of sp³-hybridized carbons (Fsp3) is 0.900. The molecule has 1 aliphatic carbocycles. The van der Waals surface area contributed by atoms with Crippen LogP contribution in [0.25, 0.3) is 0 Å². The molecule has 1 rings (SSSR count). The highest BCUT2D eigenvalue weighted by molar-refractivity contribution is 5.78. The van der Waals surface area contributed by atoms with E-state index in [1.165, 1.54) is 0 Å². The van der Waals surface area contributed by atoms with Gasteiger partial charge in [-0.1, -0.05) is 6.92 Å². The van der Waals surface area contributed by atoms with Crippen molar-refractivity contribution in [2.24, 2.45) is 11.5 Å². The van der Waals surface area contributed by atoms with E-state index in [-0.39, 0.29) is 12.0 Å². The first-order chi connectivity index (χ1) is 6.63. The Morgan fingerprint density at radius 3 is 2.43 bits per heavy atom. The van der Waals surface area contributed by atoms with Gasteiger partial charge in [0, 0.05) is 6.04 Å². The van der Waals surface area contributed by atoms with Crippen molar-refractivity contribution in [3.63, 3.8) is 0 Å². The highest BCUT2D eigenvalue weighted by Gasteiger charge is 2.23. The normalized spacial score (nSPS) is 29.9. The smallest absolute Gasteiger partial charge is 0.246 e. The molecule has 1 unspecified atom stereocenters. The lowest BCUT2D eigenvalue weighted by molar-refractivity contribution is -0.135. The van der Waals surface area contributed by atoms with E-state index in [1.54, 1.807) is 0 Å². The molecule has 0 aromatic rings. The average molecular weight is 200 g/mol. The number of ether oxygens (including phenoxy) is 1. The van der Waals surface area contributed by atoms with Crippen LogP contribution in [0, 0.1) is 0 Å². The summed E-state index contributed by atoms with van der Waals surface area (Å²) in [5, 5.41) is 0. The zero-order chi connectivity index (χ0) is 10.6. The maximum Gasteiger partial charge on any atom is 0.246 e. The SMILES string of the molecule is CCC(OC1CCC(N)CC1)C(N)=O. The second kappa shape index (κ2) is 5.32. The summed E-state index contributed by atoms with van der Waals surface area (Å²) in [6, 6.07) is 0.309. The van der Waals surface area contributed by atoms with Crippen LogP contribution in [-0.2, 0) is 9.53 Å². The fourth-order valence-electron chi connectivity index (χ4n) is 1.82. The predicted octanol–water partition coefficient (Wildman–Crippen LogP) is 0.537. The highest BCUT2D eigenvalue weighted by atomic mass is 16.5. The minimum absolute atomic E-state index is 0.173. The lowest BCUT2D eigenvalue weighted by Gasteiger charge is -2.28. The topological polar surface area (TPSA) is 78.3 Å². The monoisotopic (exact) mass is 200 g/mol. The Bertz CT molecular complexity index is 189. The Kier molecular flexibility index (Phi) is 4.35. The summed E-state index contributed by atoms with van der Waals surface area (Å²) in [4.78, 5) is 10.9. The van der Waals surface area contributed by atoms with E-state index >= 15 is 0 Å². The van der Waals surface area contributed by atoms with Crippen LogP contribution in [-0.4, -0.2) is 24.2 Å². The Balaban J connectivity index is 2.32. The second-order valence-electron chi connectivity index (χ2n) is 3.97. The molecule has 82 valence electrons. The van der Waals surface area contributed by atoms with Crippen LogP contribution in [0.3, 0.4) is 0 Å². The van der Waals surface area contributed by atoms with E-state index < -0.39 is 6.10 Å². The zero-order valence-corrected chi connectivity index (χ0v) is 8.74. The number of hydrogen-bond acceptors (Lipinski definition) is 3. The number of carbonyl (C=O) groups is 1. The van der Waals surface area contributed by atoms with Crippen LogP contribution in [0.1, 0.15) is 39.0 Å². The summed E-state index contributed by atoms with van der Waals surface area (Å²) in [6.07, 6.45) is 4.27. The van der Waals surface area contributed by atoms with Gasteiger partial charge in [0.15, 0.2) is 0 Å². The van der Waals surface area contributed by atoms with Crippen molar-refractivity contribution in [3.05, 3.63) is 0 Å². The van der Waals surface area contributed by atoms with Gasteiger partial charge >= 0.3 is 0 Å². The van der Waals surface area contributed by atoms with Gasteiger partial charge in [-0.2, -0.15) is 0 Å². The minimum atomic E-state index is -0.422. The van der Waals surface area contributed by atoms with E-state index in [4.69, 9.17) is 16.2 Å². The average Bonchev–Trinajstić information content (AvgIpc) is 2.16. The molecule has 0 radical (unpaired) electrons. The molecule has 14 heavy (non-hydrogen) atoms. The van der Waals surface area contributed by atoms with Gasteiger partial charge in [0.25, 0.3) is 0 Å². The molecule has 1 aliphatic rings. The van der Waals surface area contributed by atoms with Gasteiger partial charge < -0.3 is 16.2 Å². The lowest BCUT2D eigenvalue weighted by Crippen LogP contribution is -2.37. The molecular weight excluding hydrogens is 180 g/mol. The van der Waals surface area contributed by atoms with Crippen molar-refractivity contribution in [1.82, 2.24) is 0 Å². The highest BCUT2D eigenvalue weighted by Crippen LogP contribution is 2.21. The largest absolute Gasteiger partial charge is 0.367 e. The molecule has 0 bridgehead atoms. The first kappa shape index (κ1) is 11.5. The zero-order valence-electron chi connectivity index (χ0n) is 8.74. The molecule has 0 aliphatic heterocycles. The summed E-state index contributed by atoms with van der Waals surface area (Å²) in [7, 11) is 0. The van der Waals surface area contributed by atoms with Gasteiger partial charge in [-0.15, -0.1) is 0 Å². The Morgan fingerprint density at radius 2 is 2.00 bits per heavy atom. The predicted molar refractivity (Wildman–Crippen MR) is 54.6 cm³/mol. The van der Waals surface area contributed by atoms with E-state index in [2.05, 4.69) is 0 Å². The lowest BCUT2D eigenvalue weighted by atomic mass is 9.93. The summed E-state index contributed by atoms with van der Waals surface area (Å²) in [6.45, 7) is 1.91. The van der Waals surface area contributed by atoms with Gasteiger partial charge in [-0.3, -0.25) is 4.79 Å². The van der Waals surface area contributed by atoms with Crippen molar-refractivity contribution in [2.45, 2.75) is 57.3 Å². The van der Waals surface area contributed by atoms with E-state index in [1.807, 2.05) is 6.92 Å². The van der Waals surface area contributed by atoms with Crippen molar-refractivity contribution in [1.29, 1.82) is 0 Å². The number of rotatable bonds is 4. The van der Waals surface area contributed by atoms with Crippen LogP contribution in [0.5, 0.6) is 0 Å². The third-order valence-corrected chi connectivity index (χ3v) is 2.76. The van der Waals surface area contributed by atoms with Crippen molar-refractivity contribution < 1.29 is 9.53 Å². The molecule has 0 spiro atoms. The molecule has 0 heterocycles. The number of primary amides is 1. The van der Waals surface area contributed by atoms with Crippen molar-refractivity contribution in [3.8, 4) is 0 Å². The van der Waals surface area contributed by atoms with Gasteiger partial charge in [0.2, 0.25) is 5.91 Å². The molecule has 1 fully saturated rings. The van der Waals surface area contributed by atoms with Crippen LogP contribution in [0.2, 0.25) is 0 Å². The molecule has 0 aromatic carbocycles. The number of hydrogen-bond donors (Lipinski definition) is 2. The molecule has 4 nitrogen and oxygen atoms in total. The molecule has 4 N–H and O–H groups in total. The van der Waals surface area contributed by atoms with E-state index in [9.17, 15) is 4.79 Å². The summed E-state index contributed by atoms with van der Waals surface area (Å²) >= 11 is 0. The van der Waals surface area contributed by atoms with Crippen molar-refractivity contribution >= 4 is 5.91 Å². The van der Waals surface area contributed by atoms with E-state index in [0.717, 1.165) is 25.7 Å². The number of amides is 1. The molecule has 1 saturated carbocycles. The van der Waals surface area contributed by atoms with Gasteiger partial charge in [0.1, 0.15) is 6.10 Å². The molecular formula is C10H20N2O2. The van der Waals surface area contributed by atoms with Gasteiger partial charge in [-0.25, -0.2) is 0 Å². The Labute approximate surface area is 85.0 Å². The number of carbonyl (C=O) groups excluding carboxylic acids is 1.